The second-order valence-corrected chi connectivity index (χ2v) is 7.57. The van der Waals surface area contributed by atoms with Gasteiger partial charge in [-0.2, -0.15) is 0 Å². The second kappa shape index (κ2) is 8.97. The summed E-state index contributed by atoms with van der Waals surface area (Å²) in [6.45, 7) is 6.60. The minimum atomic E-state index is -0.0389. The zero-order valence-electron chi connectivity index (χ0n) is 16.7. The molecule has 1 aliphatic rings. The van der Waals surface area contributed by atoms with E-state index < -0.39 is 0 Å². The van der Waals surface area contributed by atoms with Crippen molar-refractivity contribution in [1.29, 1.82) is 0 Å². The third-order valence-corrected chi connectivity index (χ3v) is 4.75. The first-order chi connectivity index (χ1) is 13.4. The SMILES string of the molecule is CC(C)COc1ncccc1C(=O)N1CC[C@@H](N(C)Cc2nccc(N)n2)C1. The zero-order valence-corrected chi connectivity index (χ0v) is 16.7. The number of aromatic nitrogens is 3. The Balaban J connectivity index is 1.62. The van der Waals surface area contributed by atoms with Gasteiger partial charge in [-0.05, 0) is 37.6 Å². The lowest BCUT2D eigenvalue weighted by atomic mass is 10.2. The molecule has 8 nitrogen and oxygen atoms in total. The predicted molar refractivity (Wildman–Crippen MR) is 107 cm³/mol. The van der Waals surface area contributed by atoms with Gasteiger partial charge in [-0.3, -0.25) is 9.69 Å². The van der Waals surface area contributed by atoms with Gasteiger partial charge in [0.15, 0.2) is 0 Å². The van der Waals surface area contributed by atoms with Crippen LogP contribution < -0.4 is 10.5 Å². The van der Waals surface area contributed by atoms with Crippen molar-refractivity contribution in [3.63, 3.8) is 0 Å². The lowest BCUT2D eigenvalue weighted by Crippen LogP contribution is -2.36. The van der Waals surface area contributed by atoms with Gasteiger partial charge in [0.05, 0.1) is 13.2 Å². The molecule has 3 heterocycles. The number of carbonyl (C=O) groups is 1. The van der Waals surface area contributed by atoms with Gasteiger partial charge in [0, 0.05) is 31.5 Å². The molecule has 28 heavy (non-hydrogen) atoms. The molecule has 3 rings (SSSR count). The fraction of sp³-hybridized carbons (Fsp3) is 0.500. The molecular formula is C20H28N6O2. The molecule has 1 atom stereocenters. The van der Waals surface area contributed by atoms with E-state index in [0.29, 0.717) is 55.2 Å². The number of hydrogen-bond donors (Lipinski definition) is 1. The van der Waals surface area contributed by atoms with Crippen LogP contribution in [0.5, 0.6) is 5.88 Å². The summed E-state index contributed by atoms with van der Waals surface area (Å²) in [6.07, 6.45) is 4.21. The van der Waals surface area contributed by atoms with Crippen LogP contribution in [0.1, 0.15) is 36.5 Å². The highest BCUT2D eigenvalue weighted by Gasteiger charge is 2.31. The monoisotopic (exact) mass is 384 g/mol. The van der Waals surface area contributed by atoms with E-state index in [0.717, 1.165) is 6.42 Å². The summed E-state index contributed by atoms with van der Waals surface area (Å²) in [5.74, 6) is 1.88. The zero-order chi connectivity index (χ0) is 20.1. The van der Waals surface area contributed by atoms with Gasteiger partial charge >= 0.3 is 0 Å². The van der Waals surface area contributed by atoms with Crippen LogP contribution in [-0.2, 0) is 6.54 Å². The van der Waals surface area contributed by atoms with Crippen LogP contribution in [0, 0.1) is 5.92 Å². The molecule has 0 unspecified atom stereocenters. The molecule has 2 aromatic heterocycles. The van der Waals surface area contributed by atoms with Gasteiger partial charge < -0.3 is 15.4 Å². The lowest BCUT2D eigenvalue weighted by molar-refractivity contribution is 0.0773. The predicted octanol–water partition coefficient (Wildman–Crippen LogP) is 1.84. The number of anilines is 1. The lowest BCUT2D eigenvalue weighted by Gasteiger charge is -2.24. The van der Waals surface area contributed by atoms with Crippen LogP contribution in [0.3, 0.4) is 0 Å². The van der Waals surface area contributed by atoms with Crippen LogP contribution in [0.15, 0.2) is 30.6 Å². The van der Waals surface area contributed by atoms with E-state index in [1.54, 1.807) is 30.6 Å². The third-order valence-electron chi connectivity index (χ3n) is 4.75. The summed E-state index contributed by atoms with van der Waals surface area (Å²) in [4.78, 5) is 29.8. The smallest absolute Gasteiger partial charge is 0.259 e. The standard InChI is InChI=1S/C20H28N6O2/c1-14(2)13-28-19-16(5-4-8-23-19)20(27)26-10-7-15(11-26)25(3)12-18-22-9-6-17(21)24-18/h4-6,8-9,14-15H,7,10-13H2,1-3H3,(H2,21,22,24)/t15-/m1/s1. The van der Waals surface area contributed by atoms with E-state index in [-0.39, 0.29) is 11.9 Å². The van der Waals surface area contributed by atoms with E-state index >= 15 is 0 Å². The van der Waals surface area contributed by atoms with Crippen molar-refractivity contribution >= 4 is 11.7 Å². The number of carbonyl (C=O) groups excluding carboxylic acids is 1. The molecular weight excluding hydrogens is 356 g/mol. The highest BCUT2D eigenvalue weighted by atomic mass is 16.5. The fourth-order valence-corrected chi connectivity index (χ4v) is 3.21. The molecule has 1 aliphatic heterocycles. The van der Waals surface area contributed by atoms with Gasteiger partial charge in [-0.1, -0.05) is 13.8 Å². The number of ether oxygens (including phenoxy) is 1. The van der Waals surface area contributed by atoms with Crippen LogP contribution in [0.4, 0.5) is 5.82 Å². The first-order valence-corrected chi connectivity index (χ1v) is 9.58. The molecule has 0 saturated carbocycles. The summed E-state index contributed by atoms with van der Waals surface area (Å²) in [6, 6.07) is 5.46. The summed E-state index contributed by atoms with van der Waals surface area (Å²) in [5.41, 5.74) is 6.25. The van der Waals surface area contributed by atoms with Gasteiger partial charge in [0.2, 0.25) is 5.88 Å². The molecule has 0 spiro atoms. The molecule has 2 aromatic rings. The molecule has 0 radical (unpaired) electrons. The van der Waals surface area contributed by atoms with Gasteiger partial charge in [0.25, 0.3) is 5.91 Å². The number of amides is 1. The molecule has 150 valence electrons. The maximum atomic E-state index is 13.0. The summed E-state index contributed by atoms with van der Waals surface area (Å²) in [7, 11) is 2.02. The van der Waals surface area contributed by atoms with E-state index in [2.05, 4.69) is 33.7 Å². The molecule has 8 heteroatoms. The molecule has 0 aromatic carbocycles. The van der Waals surface area contributed by atoms with Crippen LogP contribution in [0.2, 0.25) is 0 Å². The highest BCUT2D eigenvalue weighted by Crippen LogP contribution is 2.22. The molecule has 0 bridgehead atoms. The Labute approximate surface area is 165 Å². The van der Waals surface area contributed by atoms with Crippen LogP contribution >= 0.6 is 0 Å². The number of rotatable bonds is 7. The molecule has 1 saturated heterocycles. The Morgan fingerprint density at radius 1 is 1.36 bits per heavy atom. The summed E-state index contributed by atoms with van der Waals surface area (Å²) >= 11 is 0. The molecule has 1 fully saturated rings. The number of likely N-dealkylation sites (N-methyl/N-ethyl adjacent to an activating group) is 1. The number of likely N-dealkylation sites (tertiary alicyclic amines) is 1. The maximum absolute atomic E-state index is 13.0. The Morgan fingerprint density at radius 3 is 2.93 bits per heavy atom. The molecule has 2 N–H and O–H groups in total. The Hall–Kier alpha value is -2.74. The Kier molecular flexibility index (Phi) is 6.41. The average molecular weight is 384 g/mol. The quantitative estimate of drug-likeness (QED) is 0.778. The van der Waals surface area contributed by atoms with E-state index in [4.69, 9.17) is 10.5 Å². The van der Waals surface area contributed by atoms with Gasteiger partial charge in [-0.15, -0.1) is 0 Å². The highest BCUT2D eigenvalue weighted by molar-refractivity contribution is 5.96. The second-order valence-electron chi connectivity index (χ2n) is 7.57. The molecule has 0 aliphatic carbocycles. The van der Waals surface area contributed by atoms with Gasteiger partial charge in [0.1, 0.15) is 17.2 Å². The minimum absolute atomic E-state index is 0.0389. The van der Waals surface area contributed by atoms with Crippen molar-refractivity contribution in [2.24, 2.45) is 5.92 Å². The number of nitrogens with zero attached hydrogens (tertiary/aromatic N) is 5. The third kappa shape index (κ3) is 4.95. The van der Waals surface area contributed by atoms with Crippen molar-refractivity contribution in [2.45, 2.75) is 32.9 Å². The first kappa shape index (κ1) is 20.0. The average Bonchev–Trinajstić information content (AvgIpc) is 3.16. The number of hydrogen-bond acceptors (Lipinski definition) is 7. The largest absolute Gasteiger partial charge is 0.477 e. The maximum Gasteiger partial charge on any atom is 0.259 e. The van der Waals surface area contributed by atoms with Crippen LogP contribution in [0.25, 0.3) is 0 Å². The number of nitrogens with two attached hydrogens (primary N) is 1. The van der Waals surface area contributed by atoms with Crippen molar-refractivity contribution in [3.05, 3.63) is 42.0 Å². The summed E-state index contributed by atoms with van der Waals surface area (Å²) in [5, 5.41) is 0. The normalized spacial score (nSPS) is 16.8. The van der Waals surface area contributed by atoms with E-state index in [1.807, 2.05) is 11.9 Å². The molecule has 1 amide bonds. The topological polar surface area (TPSA) is 97.5 Å². The Morgan fingerprint density at radius 2 is 2.18 bits per heavy atom. The van der Waals surface area contributed by atoms with Crippen molar-refractivity contribution in [1.82, 2.24) is 24.8 Å². The van der Waals surface area contributed by atoms with Crippen molar-refractivity contribution < 1.29 is 9.53 Å². The van der Waals surface area contributed by atoms with Crippen LogP contribution in [-0.4, -0.2) is 63.4 Å². The summed E-state index contributed by atoms with van der Waals surface area (Å²) < 4.78 is 5.75. The minimum Gasteiger partial charge on any atom is -0.477 e. The van der Waals surface area contributed by atoms with E-state index in [9.17, 15) is 4.79 Å². The fourth-order valence-electron chi connectivity index (χ4n) is 3.21. The Bertz CT molecular complexity index is 813. The number of nitrogen functional groups attached to an aromatic ring is 1. The first-order valence-electron chi connectivity index (χ1n) is 9.58. The van der Waals surface area contributed by atoms with Gasteiger partial charge in [-0.25, -0.2) is 15.0 Å². The van der Waals surface area contributed by atoms with E-state index in [1.165, 1.54) is 0 Å². The van der Waals surface area contributed by atoms with Crippen molar-refractivity contribution in [2.75, 3.05) is 32.5 Å². The number of pyridine rings is 1. The van der Waals surface area contributed by atoms with Crippen molar-refractivity contribution in [3.8, 4) is 5.88 Å².